The summed E-state index contributed by atoms with van der Waals surface area (Å²) in [4.78, 5) is 8.90. The lowest BCUT2D eigenvalue weighted by Crippen LogP contribution is -2.27. The number of carboxylic acids is 1. The van der Waals surface area contributed by atoms with Crippen LogP contribution in [0.2, 0.25) is 0 Å². The molecule has 2 heterocycles. The lowest BCUT2D eigenvalue weighted by molar-refractivity contribution is -0.192. The summed E-state index contributed by atoms with van der Waals surface area (Å²) in [7, 11) is 0. The molecule has 0 aromatic carbocycles. The first-order chi connectivity index (χ1) is 8.89. The van der Waals surface area contributed by atoms with Gasteiger partial charge < -0.3 is 15.2 Å². The summed E-state index contributed by atoms with van der Waals surface area (Å²) < 4.78 is 37.0. The fraction of sp³-hybridized carbons (Fsp3) is 0.600. The number of nitrogens with zero attached hydrogens (tertiary/aromatic N) is 1. The van der Waals surface area contributed by atoms with Crippen LogP contribution in [0.4, 0.5) is 18.9 Å². The van der Waals surface area contributed by atoms with Crippen molar-refractivity contribution in [1.82, 2.24) is 10.2 Å². The Balaban J connectivity index is 0.000000224. The fourth-order valence-electron chi connectivity index (χ4n) is 1.41. The largest absolute Gasteiger partial charge is 0.490 e. The van der Waals surface area contributed by atoms with E-state index in [1.165, 1.54) is 0 Å². The topological polar surface area (TPSA) is 87.2 Å². The van der Waals surface area contributed by atoms with Crippen molar-refractivity contribution in [2.24, 2.45) is 0 Å². The predicted molar refractivity (Wildman–Crippen MR) is 59.7 cm³/mol. The van der Waals surface area contributed by atoms with E-state index in [0.29, 0.717) is 6.04 Å². The summed E-state index contributed by atoms with van der Waals surface area (Å²) in [5, 5.41) is 17.2. The van der Waals surface area contributed by atoms with Crippen molar-refractivity contribution in [3.05, 3.63) is 12.4 Å². The molecule has 0 aliphatic carbocycles. The summed E-state index contributed by atoms with van der Waals surface area (Å²) in [5.74, 6) is -2.76. The van der Waals surface area contributed by atoms with Gasteiger partial charge in [0.25, 0.3) is 0 Å². The Bertz CT molecular complexity index is 375. The molecular formula is C10H14F3N3O3. The second-order valence-corrected chi connectivity index (χ2v) is 3.82. The van der Waals surface area contributed by atoms with Crippen molar-refractivity contribution >= 4 is 11.7 Å². The Hall–Kier alpha value is -1.77. The standard InChI is InChI=1S/C8H13N3O.C2HF3O2/c1-3-12-4-2-7(1)11-8-5-9-10-6-8;3-2(4,5)1(6)7/h5-7,11H,1-4H2,(H,9,10);(H,6,7). The maximum atomic E-state index is 10.6. The zero-order valence-corrected chi connectivity index (χ0v) is 9.91. The zero-order valence-electron chi connectivity index (χ0n) is 9.91. The number of ether oxygens (including phenoxy) is 1. The molecule has 0 saturated carbocycles. The van der Waals surface area contributed by atoms with Crippen molar-refractivity contribution in [2.75, 3.05) is 18.5 Å². The van der Waals surface area contributed by atoms with E-state index in [-0.39, 0.29) is 0 Å². The third kappa shape index (κ3) is 6.09. The number of aromatic nitrogens is 2. The van der Waals surface area contributed by atoms with Crippen LogP contribution in [0.1, 0.15) is 12.8 Å². The number of halogens is 3. The van der Waals surface area contributed by atoms with Crippen molar-refractivity contribution in [1.29, 1.82) is 0 Å². The second kappa shape index (κ2) is 6.98. The van der Waals surface area contributed by atoms with E-state index in [0.717, 1.165) is 31.7 Å². The molecule has 9 heteroatoms. The number of carbonyl (C=O) groups is 1. The monoisotopic (exact) mass is 281 g/mol. The van der Waals surface area contributed by atoms with Gasteiger partial charge in [0.2, 0.25) is 0 Å². The van der Waals surface area contributed by atoms with E-state index in [2.05, 4.69) is 15.5 Å². The van der Waals surface area contributed by atoms with Crippen LogP contribution in [0, 0.1) is 0 Å². The summed E-state index contributed by atoms with van der Waals surface area (Å²) in [5.41, 5.74) is 1.07. The molecule has 1 fully saturated rings. The lowest BCUT2D eigenvalue weighted by atomic mass is 10.1. The smallest absolute Gasteiger partial charge is 0.475 e. The van der Waals surface area contributed by atoms with Gasteiger partial charge in [-0.25, -0.2) is 4.79 Å². The van der Waals surface area contributed by atoms with Gasteiger partial charge in [0.1, 0.15) is 0 Å². The Kier molecular flexibility index (Phi) is 5.61. The molecule has 1 aromatic heterocycles. The minimum absolute atomic E-state index is 0.552. The highest BCUT2D eigenvalue weighted by Gasteiger charge is 2.38. The molecule has 0 bridgehead atoms. The van der Waals surface area contributed by atoms with E-state index >= 15 is 0 Å². The SMILES string of the molecule is O=C(O)C(F)(F)F.c1n[nH]cc1NC1CCOCC1. The van der Waals surface area contributed by atoms with Gasteiger partial charge in [0, 0.05) is 25.5 Å². The molecule has 3 N–H and O–H groups in total. The van der Waals surface area contributed by atoms with Crippen LogP contribution in [-0.2, 0) is 9.53 Å². The normalized spacial score (nSPS) is 16.4. The van der Waals surface area contributed by atoms with E-state index in [9.17, 15) is 13.2 Å². The van der Waals surface area contributed by atoms with Crippen LogP contribution in [0.5, 0.6) is 0 Å². The minimum atomic E-state index is -5.08. The van der Waals surface area contributed by atoms with E-state index in [1.807, 2.05) is 6.20 Å². The molecule has 0 unspecified atom stereocenters. The summed E-state index contributed by atoms with van der Waals surface area (Å²) in [6.45, 7) is 1.74. The Morgan fingerprint density at radius 2 is 2.05 bits per heavy atom. The van der Waals surface area contributed by atoms with Crippen molar-refractivity contribution in [2.45, 2.75) is 25.1 Å². The summed E-state index contributed by atoms with van der Waals surface area (Å²) >= 11 is 0. The first kappa shape index (κ1) is 15.3. The van der Waals surface area contributed by atoms with Crippen molar-refractivity contribution in [3.8, 4) is 0 Å². The average Bonchev–Trinajstić information content (AvgIpc) is 2.83. The maximum absolute atomic E-state index is 10.6. The fourth-order valence-corrected chi connectivity index (χ4v) is 1.41. The first-order valence-electron chi connectivity index (χ1n) is 5.53. The molecule has 1 aliphatic heterocycles. The maximum Gasteiger partial charge on any atom is 0.490 e. The molecule has 2 rings (SSSR count). The van der Waals surface area contributed by atoms with E-state index < -0.39 is 12.1 Å². The minimum Gasteiger partial charge on any atom is -0.475 e. The molecule has 0 amide bonds. The van der Waals surface area contributed by atoms with Gasteiger partial charge in [0.15, 0.2) is 0 Å². The van der Waals surface area contributed by atoms with Crippen LogP contribution < -0.4 is 5.32 Å². The second-order valence-electron chi connectivity index (χ2n) is 3.82. The number of H-pyrrole nitrogens is 1. The summed E-state index contributed by atoms with van der Waals surface area (Å²) in [6.07, 6.45) is 0.765. The van der Waals surface area contributed by atoms with E-state index in [1.54, 1.807) is 6.20 Å². The molecule has 108 valence electrons. The number of rotatable bonds is 2. The summed E-state index contributed by atoms with van der Waals surface area (Å²) in [6, 6.07) is 0.552. The molecule has 0 spiro atoms. The van der Waals surface area contributed by atoms with Gasteiger partial charge >= 0.3 is 12.1 Å². The molecule has 6 nitrogen and oxygen atoms in total. The molecule has 19 heavy (non-hydrogen) atoms. The van der Waals surface area contributed by atoms with Crippen LogP contribution in [0.15, 0.2) is 12.4 Å². The van der Waals surface area contributed by atoms with Crippen LogP contribution in [-0.4, -0.2) is 46.7 Å². The van der Waals surface area contributed by atoms with Gasteiger partial charge in [-0.05, 0) is 12.8 Å². The van der Waals surface area contributed by atoms with Gasteiger partial charge in [-0.1, -0.05) is 0 Å². The molecule has 0 atom stereocenters. The number of carboxylic acid groups (broad SMARTS) is 1. The highest BCUT2D eigenvalue weighted by Crippen LogP contribution is 2.13. The number of aromatic amines is 1. The van der Waals surface area contributed by atoms with Crippen LogP contribution >= 0.6 is 0 Å². The molecule has 1 aliphatic rings. The number of alkyl halides is 3. The molecule has 0 radical (unpaired) electrons. The van der Waals surface area contributed by atoms with Gasteiger partial charge in [-0.2, -0.15) is 18.3 Å². The quantitative estimate of drug-likeness (QED) is 0.767. The number of hydrogen-bond donors (Lipinski definition) is 3. The molecular weight excluding hydrogens is 267 g/mol. The van der Waals surface area contributed by atoms with Crippen LogP contribution in [0.3, 0.4) is 0 Å². The number of aliphatic carboxylic acids is 1. The van der Waals surface area contributed by atoms with Gasteiger partial charge in [-0.15, -0.1) is 0 Å². The number of nitrogens with one attached hydrogen (secondary N) is 2. The Morgan fingerprint density at radius 3 is 2.47 bits per heavy atom. The highest BCUT2D eigenvalue weighted by molar-refractivity contribution is 5.73. The average molecular weight is 281 g/mol. The third-order valence-corrected chi connectivity index (χ3v) is 2.33. The number of hydrogen-bond acceptors (Lipinski definition) is 4. The highest BCUT2D eigenvalue weighted by atomic mass is 19.4. The zero-order chi connectivity index (χ0) is 14.3. The van der Waals surface area contributed by atoms with Crippen LogP contribution in [0.25, 0.3) is 0 Å². The molecule has 1 saturated heterocycles. The van der Waals surface area contributed by atoms with Gasteiger partial charge in [-0.3, -0.25) is 5.10 Å². The first-order valence-corrected chi connectivity index (χ1v) is 5.53. The third-order valence-electron chi connectivity index (χ3n) is 2.33. The molecule has 1 aromatic rings. The Morgan fingerprint density at radius 1 is 1.47 bits per heavy atom. The predicted octanol–water partition coefficient (Wildman–Crippen LogP) is 1.63. The van der Waals surface area contributed by atoms with Gasteiger partial charge in [0.05, 0.1) is 11.9 Å². The van der Waals surface area contributed by atoms with Crippen molar-refractivity contribution < 1.29 is 27.8 Å². The van der Waals surface area contributed by atoms with Crippen molar-refractivity contribution in [3.63, 3.8) is 0 Å². The van der Waals surface area contributed by atoms with E-state index in [4.69, 9.17) is 14.6 Å². The lowest BCUT2D eigenvalue weighted by Gasteiger charge is -2.23. The number of anilines is 1. The Labute approximate surface area is 106 Å².